The van der Waals surface area contributed by atoms with Crippen LogP contribution in [0.4, 0.5) is 0 Å². The molecule has 36 heavy (non-hydrogen) atoms. The van der Waals surface area contributed by atoms with Gasteiger partial charge in [-0.05, 0) is 67.9 Å². The van der Waals surface area contributed by atoms with E-state index in [1.807, 2.05) is 48.5 Å². The molecule has 5 nitrogen and oxygen atoms in total. The number of fused-ring (bicyclic) bond motifs is 1. The van der Waals surface area contributed by atoms with E-state index in [1.165, 1.54) is 12.8 Å². The molecule has 0 bridgehead atoms. The van der Waals surface area contributed by atoms with Crippen LogP contribution in [0.15, 0.2) is 66.7 Å². The first-order valence-corrected chi connectivity index (χ1v) is 13.1. The van der Waals surface area contributed by atoms with Crippen LogP contribution < -0.4 is 9.47 Å². The van der Waals surface area contributed by atoms with E-state index in [2.05, 4.69) is 11.0 Å². The Morgan fingerprint density at radius 3 is 2.58 bits per heavy atom. The Balaban J connectivity index is 1.44. The molecule has 0 radical (unpaired) electrons. The van der Waals surface area contributed by atoms with Gasteiger partial charge >= 0.3 is 0 Å². The molecular weight excluding hydrogens is 468 g/mol. The van der Waals surface area contributed by atoms with Crippen molar-refractivity contribution in [2.75, 3.05) is 33.4 Å². The SMILES string of the molecule is COc1cc(C(=O)c2c(-c3ccc(OCCN4CCCC4)cc3)sc3ccccc23)ccc1CC#N. The van der Waals surface area contributed by atoms with E-state index in [-0.39, 0.29) is 12.2 Å². The van der Waals surface area contributed by atoms with Gasteiger partial charge in [-0.15, -0.1) is 11.3 Å². The highest BCUT2D eigenvalue weighted by Crippen LogP contribution is 2.40. The highest BCUT2D eigenvalue weighted by atomic mass is 32.1. The fourth-order valence-corrected chi connectivity index (χ4v) is 5.94. The number of nitrogens with zero attached hydrogens (tertiary/aromatic N) is 2. The summed E-state index contributed by atoms with van der Waals surface area (Å²) in [5, 5.41) is 10.0. The topological polar surface area (TPSA) is 62.6 Å². The van der Waals surface area contributed by atoms with Gasteiger partial charge in [-0.25, -0.2) is 0 Å². The van der Waals surface area contributed by atoms with Crippen molar-refractivity contribution in [3.63, 3.8) is 0 Å². The lowest BCUT2D eigenvalue weighted by atomic mass is 9.96. The van der Waals surface area contributed by atoms with Crippen molar-refractivity contribution in [2.45, 2.75) is 19.3 Å². The van der Waals surface area contributed by atoms with Crippen LogP contribution in [0.3, 0.4) is 0 Å². The molecule has 1 aliphatic heterocycles. The van der Waals surface area contributed by atoms with Gasteiger partial charge in [0.25, 0.3) is 0 Å². The quantitative estimate of drug-likeness (QED) is 0.253. The molecule has 1 fully saturated rings. The molecular formula is C30H28N2O3S. The molecule has 0 aliphatic carbocycles. The summed E-state index contributed by atoms with van der Waals surface area (Å²) in [4.78, 5) is 17.2. The van der Waals surface area contributed by atoms with Crippen molar-refractivity contribution in [2.24, 2.45) is 0 Å². The predicted molar refractivity (Wildman–Crippen MR) is 144 cm³/mol. The fraction of sp³-hybridized carbons (Fsp3) is 0.267. The monoisotopic (exact) mass is 496 g/mol. The Kier molecular flexibility index (Phi) is 7.31. The first-order valence-electron chi connectivity index (χ1n) is 12.2. The summed E-state index contributed by atoms with van der Waals surface area (Å²) in [5.74, 6) is 1.33. The van der Waals surface area contributed by atoms with Crippen molar-refractivity contribution in [1.82, 2.24) is 4.90 Å². The van der Waals surface area contributed by atoms with Crippen LogP contribution in [-0.2, 0) is 6.42 Å². The number of ether oxygens (including phenoxy) is 2. The van der Waals surface area contributed by atoms with Crippen LogP contribution in [0, 0.1) is 11.3 Å². The molecule has 2 heterocycles. The third-order valence-electron chi connectivity index (χ3n) is 6.63. The van der Waals surface area contributed by atoms with Gasteiger partial charge in [0, 0.05) is 38.2 Å². The van der Waals surface area contributed by atoms with E-state index >= 15 is 0 Å². The average molecular weight is 497 g/mol. The lowest BCUT2D eigenvalue weighted by molar-refractivity contribution is 0.104. The minimum absolute atomic E-state index is 0.0600. The molecule has 1 aromatic heterocycles. The lowest BCUT2D eigenvalue weighted by Crippen LogP contribution is -2.25. The van der Waals surface area contributed by atoms with Crippen LogP contribution in [0.2, 0.25) is 0 Å². The normalized spacial score (nSPS) is 13.6. The fourth-order valence-electron chi connectivity index (χ4n) is 4.74. The molecule has 0 saturated carbocycles. The van der Waals surface area contributed by atoms with Gasteiger partial charge in [0.05, 0.1) is 19.6 Å². The Morgan fingerprint density at radius 1 is 1.06 bits per heavy atom. The molecule has 3 aromatic carbocycles. The number of hydrogen-bond donors (Lipinski definition) is 0. The zero-order valence-electron chi connectivity index (χ0n) is 20.3. The molecule has 1 aliphatic rings. The van der Waals surface area contributed by atoms with Gasteiger partial charge in [-0.3, -0.25) is 9.69 Å². The Hall–Kier alpha value is -3.66. The van der Waals surface area contributed by atoms with E-state index in [0.717, 1.165) is 51.5 Å². The van der Waals surface area contributed by atoms with Gasteiger partial charge in [0.2, 0.25) is 0 Å². The first kappa shape index (κ1) is 24.1. The summed E-state index contributed by atoms with van der Waals surface area (Å²) in [7, 11) is 1.56. The van der Waals surface area contributed by atoms with Crippen LogP contribution in [0.5, 0.6) is 11.5 Å². The second-order valence-electron chi connectivity index (χ2n) is 8.91. The number of carbonyl (C=O) groups excluding carboxylic acids is 1. The molecule has 4 aromatic rings. The van der Waals surface area contributed by atoms with E-state index in [1.54, 1.807) is 36.6 Å². The zero-order valence-corrected chi connectivity index (χ0v) is 21.1. The minimum Gasteiger partial charge on any atom is -0.496 e. The van der Waals surface area contributed by atoms with Gasteiger partial charge < -0.3 is 9.47 Å². The number of carbonyl (C=O) groups is 1. The summed E-state index contributed by atoms with van der Waals surface area (Å²) in [5.41, 5.74) is 2.99. The zero-order chi connectivity index (χ0) is 24.9. The number of thiophene rings is 1. The molecule has 0 amide bonds. The van der Waals surface area contributed by atoms with E-state index in [4.69, 9.17) is 14.7 Å². The molecule has 182 valence electrons. The van der Waals surface area contributed by atoms with Crippen molar-refractivity contribution in [3.8, 4) is 28.0 Å². The molecule has 0 spiro atoms. The highest BCUT2D eigenvalue weighted by molar-refractivity contribution is 7.22. The molecule has 0 atom stereocenters. The molecule has 6 heteroatoms. The number of benzene rings is 3. The maximum Gasteiger partial charge on any atom is 0.195 e. The summed E-state index contributed by atoms with van der Waals surface area (Å²) in [6, 6.07) is 23.5. The highest BCUT2D eigenvalue weighted by Gasteiger charge is 2.22. The number of ketones is 1. The van der Waals surface area contributed by atoms with Gasteiger partial charge in [-0.1, -0.05) is 30.3 Å². The standard InChI is InChI=1S/C30H28N2O3S/c1-34-26-20-23(9-8-21(26)14-15-31)29(33)28-25-6-2-3-7-27(25)36-30(28)22-10-12-24(13-11-22)35-19-18-32-16-4-5-17-32/h2-3,6-13,20H,4-5,14,16-19H2,1H3. The molecule has 1 saturated heterocycles. The smallest absolute Gasteiger partial charge is 0.195 e. The largest absolute Gasteiger partial charge is 0.496 e. The van der Waals surface area contributed by atoms with E-state index in [0.29, 0.717) is 23.5 Å². The number of likely N-dealkylation sites (tertiary alicyclic amines) is 1. The third kappa shape index (κ3) is 4.99. The number of rotatable bonds is 9. The maximum atomic E-state index is 13.8. The Morgan fingerprint density at radius 2 is 1.83 bits per heavy atom. The predicted octanol–water partition coefficient (Wildman–Crippen LogP) is 6.35. The first-order chi connectivity index (χ1) is 17.7. The maximum absolute atomic E-state index is 13.8. The van der Waals surface area contributed by atoms with Gasteiger partial charge in [0.1, 0.15) is 18.1 Å². The molecule has 5 rings (SSSR count). The van der Waals surface area contributed by atoms with Crippen LogP contribution >= 0.6 is 11.3 Å². The summed E-state index contributed by atoms with van der Waals surface area (Å²) in [6.07, 6.45) is 2.79. The summed E-state index contributed by atoms with van der Waals surface area (Å²) < 4.78 is 12.5. The van der Waals surface area contributed by atoms with Crippen molar-refractivity contribution < 1.29 is 14.3 Å². The van der Waals surface area contributed by atoms with Crippen LogP contribution in [-0.4, -0.2) is 44.0 Å². The number of nitriles is 1. The third-order valence-corrected chi connectivity index (χ3v) is 7.85. The van der Waals surface area contributed by atoms with Gasteiger partial charge in [-0.2, -0.15) is 5.26 Å². The average Bonchev–Trinajstić information content (AvgIpc) is 3.57. The van der Waals surface area contributed by atoms with Crippen molar-refractivity contribution in [1.29, 1.82) is 5.26 Å². The second kappa shape index (κ2) is 10.9. The number of hydrogen-bond acceptors (Lipinski definition) is 6. The van der Waals surface area contributed by atoms with E-state index in [9.17, 15) is 4.79 Å². The van der Waals surface area contributed by atoms with E-state index < -0.39 is 0 Å². The summed E-state index contributed by atoms with van der Waals surface area (Å²) in [6.45, 7) is 3.96. The second-order valence-corrected chi connectivity index (χ2v) is 9.97. The van der Waals surface area contributed by atoms with Crippen molar-refractivity contribution >= 4 is 27.2 Å². The minimum atomic E-state index is -0.0600. The van der Waals surface area contributed by atoms with Crippen LogP contribution in [0.25, 0.3) is 20.5 Å². The Bertz CT molecular complexity index is 1410. The number of methoxy groups -OCH3 is 1. The lowest BCUT2D eigenvalue weighted by Gasteiger charge is -2.15. The van der Waals surface area contributed by atoms with Gasteiger partial charge in [0.15, 0.2) is 5.78 Å². The molecule has 0 N–H and O–H groups in total. The summed E-state index contributed by atoms with van der Waals surface area (Å²) >= 11 is 1.62. The molecule has 0 unspecified atom stereocenters. The van der Waals surface area contributed by atoms with Crippen molar-refractivity contribution in [3.05, 3.63) is 83.4 Å². The Labute approximate surface area is 215 Å². The van der Waals surface area contributed by atoms with Crippen LogP contribution in [0.1, 0.15) is 34.3 Å².